The quantitative estimate of drug-likeness (QED) is 0.349. The van der Waals surface area contributed by atoms with Crippen LogP contribution in [0.1, 0.15) is 25.6 Å². The van der Waals surface area contributed by atoms with E-state index in [2.05, 4.69) is 56.3 Å². The van der Waals surface area contributed by atoms with E-state index in [0.717, 1.165) is 28.6 Å². The van der Waals surface area contributed by atoms with Crippen LogP contribution in [-0.4, -0.2) is 15.0 Å². The number of aromatic nitrogens is 3. The van der Waals surface area contributed by atoms with Gasteiger partial charge in [0, 0.05) is 37.2 Å². The molecule has 0 aliphatic carbocycles. The molecule has 0 spiro atoms. The van der Waals surface area contributed by atoms with Gasteiger partial charge >= 0.3 is 0 Å². The molecule has 3 aromatic carbocycles. The fourth-order valence-electron chi connectivity index (χ4n) is 3.41. The molecule has 0 amide bonds. The van der Waals surface area contributed by atoms with Crippen molar-refractivity contribution in [2.45, 2.75) is 19.8 Å². The molecule has 0 fully saturated rings. The van der Waals surface area contributed by atoms with E-state index in [-0.39, 0.29) is 5.92 Å². The monoisotopic (exact) mass is 381 g/mol. The molecule has 5 aromatic rings. The summed E-state index contributed by atoms with van der Waals surface area (Å²) in [6.45, 7) is 4.24. The molecule has 0 atom stereocenters. The molecule has 2 aromatic heterocycles. The van der Waals surface area contributed by atoms with E-state index in [9.17, 15) is 0 Å². The summed E-state index contributed by atoms with van der Waals surface area (Å²) in [4.78, 5) is 14.4. The van der Waals surface area contributed by atoms with Crippen LogP contribution in [-0.2, 0) is 0 Å². The van der Waals surface area contributed by atoms with E-state index >= 15 is 0 Å². The van der Waals surface area contributed by atoms with Crippen LogP contribution in [0.25, 0.3) is 42.9 Å². The Hall–Kier alpha value is -3.11. The lowest BCUT2D eigenvalue weighted by Crippen LogP contribution is -2.04. The third kappa shape index (κ3) is 2.86. The lowest BCUT2D eigenvalue weighted by Gasteiger charge is -2.10. The van der Waals surface area contributed by atoms with Crippen molar-refractivity contribution < 1.29 is 0 Å². The molecular weight excluding hydrogens is 362 g/mol. The summed E-state index contributed by atoms with van der Waals surface area (Å²) < 4.78 is 2.51. The molecule has 0 saturated carbocycles. The molecule has 0 aliphatic rings. The second-order valence-electron chi connectivity index (χ2n) is 7.14. The zero-order valence-corrected chi connectivity index (χ0v) is 16.6. The Morgan fingerprint density at radius 3 is 2.21 bits per heavy atom. The van der Waals surface area contributed by atoms with E-state index < -0.39 is 0 Å². The summed E-state index contributed by atoms with van der Waals surface area (Å²) in [5.41, 5.74) is 2.08. The van der Waals surface area contributed by atoms with Crippen molar-refractivity contribution in [3.8, 4) is 22.8 Å². The van der Waals surface area contributed by atoms with Crippen molar-refractivity contribution in [3.63, 3.8) is 0 Å². The van der Waals surface area contributed by atoms with E-state index in [1.807, 2.05) is 30.3 Å². The van der Waals surface area contributed by atoms with Crippen molar-refractivity contribution in [2.24, 2.45) is 0 Å². The maximum Gasteiger partial charge on any atom is 0.165 e. The zero-order valence-electron chi connectivity index (χ0n) is 15.8. The number of hydrogen-bond donors (Lipinski definition) is 0. The average molecular weight is 382 g/mol. The molecule has 0 unspecified atom stereocenters. The lowest BCUT2D eigenvalue weighted by molar-refractivity contribution is 0.766. The molecule has 0 bridgehead atoms. The van der Waals surface area contributed by atoms with Gasteiger partial charge in [-0.2, -0.15) is 0 Å². The third-order valence-corrected chi connectivity index (χ3v) is 6.07. The highest BCUT2D eigenvalue weighted by Gasteiger charge is 2.16. The van der Waals surface area contributed by atoms with Gasteiger partial charge in [-0.1, -0.05) is 74.5 Å². The molecule has 5 rings (SSSR count). The normalized spacial score (nSPS) is 11.5. The van der Waals surface area contributed by atoms with Crippen LogP contribution in [0.4, 0.5) is 0 Å². The van der Waals surface area contributed by atoms with Gasteiger partial charge in [0.25, 0.3) is 0 Å². The summed E-state index contributed by atoms with van der Waals surface area (Å²) >= 11 is 1.80. The highest BCUT2D eigenvalue weighted by Crippen LogP contribution is 2.39. The number of fused-ring (bicyclic) bond motifs is 3. The number of rotatable bonds is 3. The highest BCUT2D eigenvalue weighted by atomic mass is 32.1. The first-order chi connectivity index (χ1) is 13.7. The summed E-state index contributed by atoms with van der Waals surface area (Å²) in [7, 11) is 0. The standard InChI is InChI=1S/C24H19N3S/c1-15(2)22-25-23(16-9-4-3-5-10-16)27-24(26-22)19-13-8-12-18-17-11-6-7-14-20(17)28-21(18)19/h3-15H,1-2H3. The summed E-state index contributed by atoms with van der Waals surface area (Å²) in [5, 5.41) is 2.54. The predicted molar refractivity (Wildman–Crippen MR) is 118 cm³/mol. The van der Waals surface area contributed by atoms with Crippen molar-refractivity contribution in [3.05, 3.63) is 78.6 Å². The summed E-state index contributed by atoms with van der Waals surface area (Å²) in [5.74, 6) is 2.52. The van der Waals surface area contributed by atoms with Crippen LogP contribution in [0.15, 0.2) is 72.8 Å². The van der Waals surface area contributed by atoms with Gasteiger partial charge in [0.2, 0.25) is 0 Å². The van der Waals surface area contributed by atoms with Gasteiger partial charge in [0.15, 0.2) is 11.6 Å². The molecule has 28 heavy (non-hydrogen) atoms. The molecule has 4 heteroatoms. The molecule has 0 aliphatic heterocycles. The highest BCUT2D eigenvalue weighted by molar-refractivity contribution is 7.26. The number of benzene rings is 3. The predicted octanol–water partition coefficient (Wildman–Crippen LogP) is 6.70. The van der Waals surface area contributed by atoms with Gasteiger partial charge in [-0.3, -0.25) is 0 Å². The Labute approximate surface area is 167 Å². The van der Waals surface area contributed by atoms with Gasteiger partial charge in [0.05, 0.1) is 0 Å². The fourth-order valence-corrected chi connectivity index (χ4v) is 4.62. The third-order valence-electron chi connectivity index (χ3n) is 4.85. The average Bonchev–Trinajstić information content (AvgIpc) is 3.13. The lowest BCUT2D eigenvalue weighted by atomic mass is 10.1. The molecule has 136 valence electrons. The molecule has 3 nitrogen and oxygen atoms in total. The van der Waals surface area contributed by atoms with Gasteiger partial charge in [-0.15, -0.1) is 11.3 Å². The van der Waals surface area contributed by atoms with E-state index in [1.54, 1.807) is 11.3 Å². The minimum Gasteiger partial charge on any atom is -0.213 e. The van der Waals surface area contributed by atoms with Gasteiger partial charge in [0.1, 0.15) is 5.82 Å². The second kappa shape index (κ2) is 6.80. The first-order valence-electron chi connectivity index (χ1n) is 9.43. The van der Waals surface area contributed by atoms with E-state index in [0.29, 0.717) is 0 Å². The number of hydrogen-bond acceptors (Lipinski definition) is 4. The zero-order chi connectivity index (χ0) is 19.1. The molecule has 2 heterocycles. The van der Waals surface area contributed by atoms with Crippen LogP contribution in [0, 0.1) is 0 Å². The van der Waals surface area contributed by atoms with Crippen LogP contribution in [0.5, 0.6) is 0 Å². The Bertz CT molecular complexity index is 1290. The molecular formula is C24H19N3S. The maximum atomic E-state index is 4.86. The fraction of sp³-hybridized carbons (Fsp3) is 0.125. The maximum absolute atomic E-state index is 4.86. The SMILES string of the molecule is CC(C)c1nc(-c2ccccc2)nc(-c2cccc3c2sc2ccccc23)n1. The number of thiophene rings is 1. The first kappa shape index (κ1) is 17.0. The van der Waals surface area contributed by atoms with Crippen molar-refractivity contribution >= 4 is 31.5 Å². The van der Waals surface area contributed by atoms with Crippen LogP contribution in [0.2, 0.25) is 0 Å². The van der Waals surface area contributed by atoms with Gasteiger partial charge < -0.3 is 0 Å². The Morgan fingerprint density at radius 1 is 0.679 bits per heavy atom. The van der Waals surface area contributed by atoms with Crippen LogP contribution in [0.3, 0.4) is 0 Å². The minimum absolute atomic E-state index is 0.228. The van der Waals surface area contributed by atoms with Crippen molar-refractivity contribution in [2.75, 3.05) is 0 Å². The van der Waals surface area contributed by atoms with E-state index in [1.165, 1.54) is 20.2 Å². The first-order valence-corrected chi connectivity index (χ1v) is 10.2. The van der Waals surface area contributed by atoms with Crippen molar-refractivity contribution in [1.29, 1.82) is 0 Å². The Morgan fingerprint density at radius 2 is 1.39 bits per heavy atom. The molecule has 0 N–H and O–H groups in total. The van der Waals surface area contributed by atoms with E-state index in [4.69, 9.17) is 15.0 Å². The molecule has 0 radical (unpaired) electrons. The molecule has 0 saturated heterocycles. The van der Waals surface area contributed by atoms with Crippen LogP contribution < -0.4 is 0 Å². The van der Waals surface area contributed by atoms with Crippen LogP contribution >= 0.6 is 11.3 Å². The summed E-state index contributed by atoms with van der Waals surface area (Å²) in [6, 6.07) is 25.1. The van der Waals surface area contributed by atoms with Gasteiger partial charge in [-0.05, 0) is 12.1 Å². The Kier molecular flexibility index (Phi) is 4.14. The Balaban J connectivity index is 1.78. The summed E-state index contributed by atoms with van der Waals surface area (Å²) in [6.07, 6.45) is 0. The topological polar surface area (TPSA) is 38.7 Å². The largest absolute Gasteiger partial charge is 0.213 e. The minimum atomic E-state index is 0.228. The van der Waals surface area contributed by atoms with Crippen molar-refractivity contribution in [1.82, 2.24) is 15.0 Å². The number of nitrogens with zero attached hydrogens (tertiary/aromatic N) is 3. The second-order valence-corrected chi connectivity index (χ2v) is 8.19. The smallest absolute Gasteiger partial charge is 0.165 e. The van der Waals surface area contributed by atoms with Gasteiger partial charge in [-0.25, -0.2) is 15.0 Å².